The van der Waals surface area contributed by atoms with Crippen LogP contribution in [0.1, 0.15) is 46.5 Å². The summed E-state index contributed by atoms with van der Waals surface area (Å²) in [4.78, 5) is 23.4. The maximum Gasteiger partial charge on any atom is 0.316 e. The fourth-order valence-electron chi connectivity index (χ4n) is 2.60. The Bertz CT molecular complexity index is 330. The molecule has 0 spiro atoms. The third-order valence-electron chi connectivity index (χ3n) is 3.73. The lowest BCUT2D eigenvalue weighted by atomic mass is 9.80. The van der Waals surface area contributed by atoms with E-state index in [0.717, 1.165) is 25.7 Å². The number of aliphatic carboxylic acids is 1. The van der Waals surface area contributed by atoms with Crippen LogP contribution in [0.3, 0.4) is 0 Å². The van der Waals surface area contributed by atoms with E-state index in [9.17, 15) is 14.7 Å². The molecule has 2 N–H and O–H groups in total. The molecule has 0 aliphatic heterocycles. The van der Waals surface area contributed by atoms with Gasteiger partial charge in [-0.2, -0.15) is 11.8 Å². The Morgan fingerprint density at radius 2 is 1.74 bits per heavy atom. The predicted octanol–water partition coefficient (Wildman–Crippen LogP) is 2.52. The average Bonchev–Trinajstić information content (AvgIpc) is 2.27. The lowest BCUT2D eigenvalue weighted by Crippen LogP contribution is -2.47. The molecule has 0 aromatic heterocycles. The summed E-state index contributed by atoms with van der Waals surface area (Å²) < 4.78 is 0. The molecule has 1 atom stereocenters. The number of carboxylic acids is 1. The van der Waals surface area contributed by atoms with Crippen molar-refractivity contribution in [1.29, 1.82) is 0 Å². The zero-order valence-corrected chi connectivity index (χ0v) is 13.0. The molecule has 0 saturated heterocycles. The normalized spacial score (nSPS) is 25.7. The summed E-state index contributed by atoms with van der Waals surface area (Å²) in [5, 5.41) is 12.8. The van der Waals surface area contributed by atoms with Crippen molar-refractivity contribution in [2.45, 2.75) is 57.7 Å². The van der Waals surface area contributed by atoms with Gasteiger partial charge >= 0.3 is 5.97 Å². The van der Waals surface area contributed by atoms with Crippen molar-refractivity contribution in [2.75, 3.05) is 6.26 Å². The molecule has 1 unspecified atom stereocenters. The summed E-state index contributed by atoms with van der Waals surface area (Å²) in [6.07, 6.45) is 6.21. The van der Waals surface area contributed by atoms with E-state index < -0.39 is 17.3 Å². The molecule has 1 amide bonds. The topological polar surface area (TPSA) is 66.4 Å². The molecule has 1 aliphatic carbocycles. The van der Waals surface area contributed by atoms with Gasteiger partial charge in [-0.15, -0.1) is 0 Å². The maximum absolute atomic E-state index is 12.2. The molecule has 0 bridgehead atoms. The van der Waals surface area contributed by atoms with Crippen LogP contribution in [0.2, 0.25) is 0 Å². The van der Waals surface area contributed by atoms with E-state index in [4.69, 9.17) is 0 Å². The Hall–Kier alpha value is -0.710. The third kappa shape index (κ3) is 4.71. The average molecular weight is 287 g/mol. The van der Waals surface area contributed by atoms with Crippen molar-refractivity contribution in [3.8, 4) is 0 Å². The van der Waals surface area contributed by atoms with Gasteiger partial charge in [0.05, 0.1) is 0 Å². The standard InChI is InChI=1S/C14H25NO3S/c1-14(2,3)11(13(17)18)12(16)15-9-5-7-10(19-4)8-6-9/h9-11H,5-8H2,1-4H3,(H,15,16)(H,17,18). The lowest BCUT2D eigenvalue weighted by Gasteiger charge is -2.31. The molecular formula is C14H25NO3S. The SMILES string of the molecule is CSC1CCC(NC(=O)C(C(=O)O)C(C)(C)C)CC1. The Morgan fingerprint density at radius 1 is 1.21 bits per heavy atom. The van der Waals surface area contributed by atoms with Gasteiger partial charge in [-0.05, 0) is 37.4 Å². The van der Waals surface area contributed by atoms with Crippen LogP contribution in [-0.4, -0.2) is 34.5 Å². The number of carboxylic acid groups (broad SMARTS) is 1. The molecule has 110 valence electrons. The minimum atomic E-state index is -1.04. The number of carbonyl (C=O) groups excluding carboxylic acids is 1. The Kier molecular flexibility index (Phi) is 5.71. The number of carbonyl (C=O) groups is 2. The van der Waals surface area contributed by atoms with Crippen molar-refractivity contribution < 1.29 is 14.7 Å². The second-order valence-corrected chi connectivity index (χ2v) is 7.49. The highest BCUT2D eigenvalue weighted by atomic mass is 32.2. The highest BCUT2D eigenvalue weighted by Gasteiger charge is 2.38. The molecule has 1 saturated carbocycles. The van der Waals surface area contributed by atoms with Gasteiger partial charge in [0.15, 0.2) is 0 Å². The van der Waals surface area contributed by atoms with Crippen molar-refractivity contribution in [3.05, 3.63) is 0 Å². The minimum absolute atomic E-state index is 0.139. The lowest BCUT2D eigenvalue weighted by molar-refractivity contribution is -0.151. The van der Waals surface area contributed by atoms with Gasteiger partial charge in [-0.1, -0.05) is 20.8 Å². The Morgan fingerprint density at radius 3 is 2.11 bits per heavy atom. The van der Waals surface area contributed by atoms with Gasteiger partial charge in [0.2, 0.25) is 5.91 Å². The van der Waals surface area contributed by atoms with Gasteiger partial charge in [0.25, 0.3) is 0 Å². The van der Waals surface area contributed by atoms with Gasteiger partial charge in [-0.3, -0.25) is 9.59 Å². The summed E-state index contributed by atoms with van der Waals surface area (Å²) in [5.74, 6) is -2.36. The van der Waals surface area contributed by atoms with E-state index in [1.807, 2.05) is 11.8 Å². The molecular weight excluding hydrogens is 262 g/mol. The first-order valence-electron chi connectivity index (χ1n) is 6.81. The van der Waals surface area contributed by atoms with E-state index in [0.29, 0.717) is 5.25 Å². The number of hydrogen-bond donors (Lipinski definition) is 2. The predicted molar refractivity (Wildman–Crippen MR) is 78.3 cm³/mol. The summed E-state index contributed by atoms with van der Waals surface area (Å²) in [6.45, 7) is 5.36. The van der Waals surface area contributed by atoms with Crippen LogP contribution in [0.5, 0.6) is 0 Å². The van der Waals surface area contributed by atoms with Crippen LogP contribution in [0.25, 0.3) is 0 Å². The van der Waals surface area contributed by atoms with Crippen molar-refractivity contribution in [2.24, 2.45) is 11.3 Å². The van der Waals surface area contributed by atoms with Crippen LogP contribution in [0.15, 0.2) is 0 Å². The van der Waals surface area contributed by atoms with E-state index in [1.165, 1.54) is 0 Å². The highest BCUT2D eigenvalue weighted by molar-refractivity contribution is 7.99. The highest BCUT2D eigenvalue weighted by Crippen LogP contribution is 2.29. The van der Waals surface area contributed by atoms with Crippen LogP contribution in [0.4, 0.5) is 0 Å². The molecule has 4 nitrogen and oxygen atoms in total. The maximum atomic E-state index is 12.2. The smallest absolute Gasteiger partial charge is 0.316 e. The quantitative estimate of drug-likeness (QED) is 0.780. The molecule has 0 radical (unpaired) electrons. The van der Waals surface area contributed by atoms with Crippen LogP contribution >= 0.6 is 11.8 Å². The molecule has 0 aromatic carbocycles. The van der Waals surface area contributed by atoms with Gasteiger partial charge in [-0.25, -0.2) is 0 Å². The second kappa shape index (κ2) is 6.64. The minimum Gasteiger partial charge on any atom is -0.481 e. The fraction of sp³-hybridized carbons (Fsp3) is 0.857. The largest absolute Gasteiger partial charge is 0.481 e. The van der Waals surface area contributed by atoms with Gasteiger partial charge in [0.1, 0.15) is 5.92 Å². The summed E-state index contributed by atoms with van der Waals surface area (Å²) in [6, 6.07) is 0.139. The van der Waals surface area contributed by atoms with E-state index in [-0.39, 0.29) is 11.9 Å². The molecule has 1 fully saturated rings. The van der Waals surface area contributed by atoms with Gasteiger partial charge < -0.3 is 10.4 Å². The fourth-order valence-corrected chi connectivity index (χ4v) is 3.35. The van der Waals surface area contributed by atoms with Crippen LogP contribution < -0.4 is 5.32 Å². The molecule has 19 heavy (non-hydrogen) atoms. The molecule has 5 heteroatoms. The van der Waals surface area contributed by atoms with Crippen molar-refractivity contribution in [1.82, 2.24) is 5.32 Å². The summed E-state index contributed by atoms with van der Waals surface area (Å²) >= 11 is 1.88. The molecule has 0 aromatic rings. The monoisotopic (exact) mass is 287 g/mol. The number of nitrogens with one attached hydrogen (secondary N) is 1. The van der Waals surface area contributed by atoms with Crippen molar-refractivity contribution in [3.63, 3.8) is 0 Å². The molecule has 1 aliphatic rings. The molecule has 0 heterocycles. The van der Waals surface area contributed by atoms with Crippen molar-refractivity contribution >= 4 is 23.6 Å². The van der Waals surface area contributed by atoms with Crippen LogP contribution in [-0.2, 0) is 9.59 Å². The summed E-state index contributed by atoms with van der Waals surface area (Å²) in [5.41, 5.74) is -0.563. The summed E-state index contributed by atoms with van der Waals surface area (Å²) in [7, 11) is 0. The number of thioether (sulfide) groups is 1. The number of hydrogen-bond acceptors (Lipinski definition) is 3. The zero-order valence-electron chi connectivity index (χ0n) is 12.2. The zero-order chi connectivity index (χ0) is 14.6. The number of rotatable bonds is 4. The second-order valence-electron chi connectivity index (χ2n) is 6.36. The van der Waals surface area contributed by atoms with Gasteiger partial charge in [0, 0.05) is 11.3 Å². The number of amides is 1. The first-order valence-corrected chi connectivity index (χ1v) is 8.10. The van der Waals surface area contributed by atoms with E-state index >= 15 is 0 Å². The van der Waals surface area contributed by atoms with Crippen LogP contribution in [0, 0.1) is 11.3 Å². The van der Waals surface area contributed by atoms with E-state index in [1.54, 1.807) is 20.8 Å². The third-order valence-corrected chi connectivity index (χ3v) is 4.87. The first kappa shape index (κ1) is 16.3. The Labute approximate surface area is 119 Å². The Balaban J connectivity index is 2.57. The van der Waals surface area contributed by atoms with E-state index in [2.05, 4.69) is 11.6 Å². The first-order chi connectivity index (χ1) is 8.75. The molecule has 1 rings (SSSR count).